The van der Waals surface area contributed by atoms with E-state index in [1.807, 2.05) is 12.1 Å². The molecule has 0 spiro atoms. The Balaban J connectivity index is 2.15. The molecule has 2 heteroatoms. The Bertz CT molecular complexity index is 741. The van der Waals surface area contributed by atoms with Crippen molar-refractivity contribution in [3.63, 3.8) is 0 Å². The fourth-order valence-corrected chi connectivity index (χ4v) is 3.26. The van der Waals surface area contributed by atoms with E-state index in [1.54, 1.807) is 6.07 Å². The SMILES string of the molecule is CCC/C=C/c1ccc(C(=O)O)c(-c2ccc(CCCCCCC)cc2)c1. The number of hydrogen-bond acceptors (Lipinski definition) is 1. The second-order valence-electron chi connectivity index (χ2n) is 7.16. The van der Waals surface area contributed by atoms with Crippen LogP contribution in [0.2, 0.25) is 0 Å². The lowest BCUT2D eigenvalue weighted by atomic mass is 9.95. The predicted octanol–water partition coefficient (Wildman–Crippen LogP) is 7.38. The molecule has 0 amide bonds. The van der Waals surface area contributed by atoms with Crippen LogP contribution in [0.25, 0.3) is 17.2 Å². The molecule has 0 heterocycles. The highest BCUT2D eigenvalue weighted by molar-refractivity contribution is 5.96. The summed E-state index contributed by atoms with van der Waals surface area (Å²) < 4.78 is 0. The van der Waals surface area contributed by atoms with Gasteiger partial charge in [-0.05, 0) is 53.6 Å². The molecule has 0 aliphatic heterocycles. The van der Waals surface area contributed by atoms with Crippen molar-refractivity contribution >= 4 is 12.0 Å². The van der Waals surface area contributed by atoms with Crippen molar-refractivity contribution in [2.24, 2.45) is 0 Å². The van der Waals surface area contributed by atoms with E-state index in [-0.39, 0.29) is 0 Å². The highest BCUT2D eigenvalue weighted by Gasteiger charge is 2.12. The van der Waals surface area contributed by atoms with Crippen LogP contribution >= 0.6 is 0 Å². The van der Waals surface area contributed by atoms with E-state index in [2.05, 4.69) is 50.3 Å². The first-order valence-corrected chi connectivity index (χ1v) is 10.3. The molecule has 0 aliphatic carbocycles. The lowest BCUT2D eigenvalue weighted by molar-refractivity contribution is 0.0697. The number of carboxylic acids is 1. The monoisotopic (exact) mass is 364 g/mol. The van der Waals surface area contributed by atoms with Gasteiger partial charge >= 0.3 is 5.97 Å². The third-order valence-corrected chi connectivity index (χ3v) is 4.87. The van der Waals surface area contributed by atoms with E-state index in [9.17, 15) is 9.90 Å². The first kappa shape index (κ1) is 21.0. The van der Waals surface area contributed by atoms with E-state index in [0.29, 0.717) is 5.56 Å². The van der Waals surface area contributed by atoms with E-state index < -0.39 is 5.97 Å². The highest BCUT2D eigenvalue weighted by Crippen LogP contribution is 2.27. The maximum Gasteiger partial charge on any atom is 0.336 e. The number of carboxylic acid groups (broad SMARTS) is 1. The van der Waals surface area contributed by atoms with Gasteiger partial charge in [-0.2, -0.15) is 0 Å². The number of aryl methyl sites for hydroxylation is 1. The van der Waals surface area contributed by atoms with E-state index >= 15 is 0 Å². The molecule has 0 fully saturated rings. The molecule has 1 N–H and O–H groups in total. The Labute approximate surface area is 163 Å². The van der Waals surface area contributed by atoms with E-state index in [4.69, 9.17) is 0 Å². The summed E-state index contributed by atoms with van der Waals surface area (Å²) in [4.78, 5) is 11.6. The molecule has 2 nitrogen and oxygen atoms in total. The van der Waals surface area contributed by atoms with Crippen molar-refractivity contribution in [1.29, 1.82) is 0 Å². The van der Waals surface area contributed by atoms with Gasteiger partial charge in [0.25, 0.3) is 0 Å². The number of rotatable bonds is 11. The lowest BCUT2D eigenvalue weighted by Crippen LogP contribution is -2.00. The molecule has 0 unspecified atom stereocenters. The average Bonchev–Trinajstić information content (AvgIpc) is 2.68. The number of benzene rings is 2. The zero-order valence-electron chi connectivity index (χ0n) is 16.7. The van der Waals surface area contributed by atoms with Crippen molar-refractivity contribution in [3.8, 4) is 11.1 Å². The Morgan fingerprint density at radius 1 is 0.926 bits per heavy atom. The maximum atomic E-state index is 11.6. The van der Waals surface area contributed by atoms with Crippen LogP contribution in [0.3, 0.4) is 0 Å². The Kier molecular flexibility index (Phi) is 8.83. The molecular formula is C25H32O2. The van der Waals surface area contributed by atoms with Crippen LogP contribution in [0, 0.1) is 0 Å². The Hall–Kier alpha value is -2.35. The number of hydrogen-bond donors (Lipinski definition) is 1. The van der Waals surface area contributed by atoms with Crippen molar-refractivity contribution < 1.29 is 9.90 Å². The summed E-state index contributed by atoms with van der Waals surface area (Å²) >= 11 is 0. The molecule has 27 heavy (non-hydrogen) atoms. The molecule has 0 aromatic heterocycles. The van der Waals surface area contributed by atoms with Crippen LogP contribution in [0.1, 0.15) is 80.3 Å². The van der Waals surface area contributed by atoms with Gasteiger partial charge in [-0.1, -0.05) is 88.4 Å². The van der Waals surface area contributed by atoms with E-state index in [0.717, 1.165) is 36.0 Å². The zero-order valence-corrected chi connectivity index (χ0v) is 16.7. The number of unbranched alkanes of at least 4 members (excludes halogenated alkanes) is 5. The molecule has 0 saturated carbocycles. The first-order chi connectivity index (χ1) is 13.2. The maximum absolute atomic E-state index is 11.6. The van der Waals surface area contributed by atoms with Gasteiger partial charge in [-0.15, -0.1) is 0 Å². The molecule has 2 aromatic rings. The minimum absolute atomic E-state index is 0.356. The van der Waals surface area contributed by atoms with Gasteiger partial charge in [0.05, 0.1) is 5.56 Å². The van der Waals surface area contributed by atoms with Crippen LogP contribution in [0.4, 0.5) is 0 Å². The third kappa shape index (κ3) is 6.71. The second kappa shape index (κ2) is 11.4. The van der Waals surface area contributed by atoms with Crippen molar-refractivity contribution in [3.05, 3.63) is 65.2 Å². The van der Waals surface area contributed by atoms with Gasteiger partial charge in [-0.25, -0.2) is 4.79 Å². The Morgan fingerprint density at radius 2 is 1.67 bits per heavy atom. The number of allylic oxidation sites excluding steroid dienone is 1. The first-order valence-electron chi connectivity index (χ1n) is 10.3. The smallest absolute Gasteiger partial charge is 0.336 e. The zero-order chi connectivity index (χ0) is 19.5. The van der Waals surface area contributed by atoms with Gasteiger partial charge in [0.1, 0.15) is 0 Å². The molecule has 0 aliphatic rings. The van der Waals surface area contributed by atoms with Crippen LogP contribution in [0.15, 0.2) is 48.5 Å². The third-order valence-electron chi connectivity index (χ3n) is 4.87. The summed E-state index contributed by atoms with van der Waals surface area (Å²) in [5.74, 6) is -0.880. The Morgan fingerprint density at radius 3 is 2.33 bits per heavy atom. The molecule has 2 rings (SSSR count). The minimum Gasteiger partial charge on any atom is -0.478 e. The van der Waals surface area contributed by atoms with Gasteiger partial charge in [-0.3, -0.25) is 0 Å². The van der Waals surface area contributed by atoms with Crippen LogP contribution < -0.4 is 0 Å². The molecular weight excluding hydrogens is 332 g/mol. The predicted molar refractivity (Wildman–Crippen MR) is 115 cm³/mol. The van der Waals surface area contributed by atoms with Crippen molar-refractivity contribution in [1.82, 2.24) is 0 Å². The minimum atomic E-state index is -0.880. The van der Waals surface area contributed by atoms with E-state index in [1.165, 1.54) is 37.7 Å². The summed E-state index contributed by atoms with van der Waals surface area (Å²) in [6.07, 6.45) is 13.9. The average molecular weight is 365 g/mol. The van der Waals surface area contributed by atoms with Crippen molar-refractivity contribution in [2.75, 3.05) is 0 Å². The highest BCUT2D eigenvalue weighted by atomic mass is 16.4. The summed E-state index contributed by atoms with van der Waals surface area (Å²) in [5, 5.41) is 9.56. The normalized spacial score (nSPS) is 11.2. The van der Waals surface area contributed by atoms with Gasteiger partial charge in [0.15, 0.2) is 0 Å². The summed E-state index contributed by atoms with van der Waals surface area (Å²) in [6, 6.07) is 14.0. The standard InChI is InChI=1S/C25H32O2/c1-3-5-7-8-10-11-20-13-16-22(17-14-20)24-19-21(12-9-6-4-2)15-18-23(24)25(26)27/h9,12-19H,3-8,10-11H2,1-2H3,(H,26,27)/b12-9+. The largest absolute Gasteiger partial charge is 0.478 e. The quantitative estimate of drug-likeness (QED) is 0.422. The van der Waals surface area contributed by atoms with Crippen LogP contribution in [0.5, 0.6) is 0 Å². The number of aromatic carboxylic acids is 1. The molecule has 0 bridgehead atoms. The summed E-state index contributed by atoms with van der Waals surface area (Å²) in [6.45, 7) is 4.38. The van der Waals surface area contributed by atoms with Crippen molar-refractivity contribution in [2.45, 2.75) is 65.2 Å². The second-order valence-corrected chi connectivity index (χ2v) is 7.16. The van der Waals surface area contributed by atoms with Gasteiger partial charge in [0.2, 0.25) is 0 Å². The molecule has 0 atom stereocenters. The van der Waals surface area contributed by atoms with Gasteiger partial charge in [0, 0.05) is 0 Å². The topological polar surface area (TPSA) is 37.3 Å². The molecule has 2 aromatic carbocycles. The molecule has 0 radical (unpaired) electrons. The fourth-order valence-electron chi connectivity index (χ4n) is 3.26. The molecule has 144 valence electrons. The number of carbonyl (C=O) groups is 1. The van der Waals surface area contributed by atoms with Crippen LogP contribution in [-0.2, 0) is 6.42 Å². The van der Waals surface area contributed by atoms with Crippen LogP contribution in [-0.4, -0.2) is 11.1 Å². The van der Waals surface area contributed by atoms with Gasteiger partial charge < -0.3 is 5.11 Å². The fraction of sp³-hybridized carbons (Fsp3) is 0.400. The summed E-state index contributed by atoms with van der Waals surface area (Å²) in [7, 11) is 0. The molecule has 0 saturated heterocycles. The lowest BCUT2D eigenvalue weighted by Gasteiger charge is -2.09. The summed E-state index contributed by atoms with van der Waals surface area (Å²) in [5.41, 5.74) is 4.48.